The van der Waals surface area contributed by atoms with Crippen molar-refractivity contribution in [3.63, 3.8) is 0 Å². The molecule has 2 atom stereocenters. The molecule has 1 amide bonds. The first kappa shape index (κ1) is 17.2. The zero-order valence-corrected chi connectivity index (χ0v) is 14.8. The molecule has 4 rings (SSSR count). The first-order valence-corrected chi connectivity index (χ1v) is 9.51. The predicted molar refractivity (Wildman–Crippen MR) is 91.3 cm³/mol. The number of carbonyl (C=O) groups excluding carboxylic acids is 1. The number of hydrogen-bond donors (Lipinski definition) is 1. The maximum atomic E-state index is 12.9. The van der Waals surface area contributed by atoms with Gasteiger partial charge < -0.3 is 10.2 Å². The van der Waals surface area contributed by atoms with Crippen LogP contribution < -0.4 is 5.32 Å². The number of hydrogen-bond acceptors (Lipinski definition) is 5. The van der Waals surface area contributed by atoms with Crippen molar-refractivity contribution >= 4 is 33.7 Å². The lowest BCUT2D eigenvalue weighted by molar-refractivity contribution is 0.0778. The van der Waals surface area contributed by atoms with Crippen LogP contribution >= 0.6 is 12.4 Å². The van der Waals surface area contributed by atoms with Gasteiger partial charge in [-0.3, -0.25) is 9.20 Å². The van der Waals surface area contributed by atoms with Gasteiger partial charge in [-0.15, -0.1) is 12.4 Å². The molecule has 0 radical (unpaired) electrons. The summed E-state index contributed by atoms with van der Waals surface area (Å²) in [6.45, 7) is 3.28. The molecule has 2 aliphatic heterocycles. The minimum atomic E-state index is -3.51. The van der Waals surface area contributed by atoms with Crippen molar-refractivity contribution in [1.82, 2.24) is 19.6 Å². The van der Waals surface area contributed by atoms with Crippen LogP contribution in [0.25, 0.3) is 5.52 Å². The van der Waals surface area contributed by atoms with E-state index in [1.54, 1.807) is 29.3 Å². The molecule has 130 valence electrons. The van der Waals surface area contributed by atoms with E-state index in [4.69, 9.17) is 0 Å². The van der Waals surface area contributed by atoms with Gasteiger partial charge in [-0.05, 0) is 24.0 Å². The molecule has 1 N–H and O–H groups in total. The third-order valence-electron chi connectivity index (χ3n) is 4.73. The first-order valence-electron chi connectivity index (χ1n) is 7.62. The molecule has 0 aliphatic carbocycles. The molecule has 0 aromatic carbocycles. The molecule has 0 unspecified atom stereocenters. The quantitative estimate of drug-likeness (QED) is 0.829. The fraction of sp³-hybridized carbons (Fsp3) is 0.467. The zero-order valence-electron chi connectivity index (χ0n) is 13.2. The summed E-state index contributed by atoms with van der Waals surface area (Å²) in [5, 5.41) is 3.25. The summed E-state index contributed by atoms with van der Waals surface area (Å²) in [5.74, 6) is 0.794. The summed E-state index contributed by atoms with van der Waals surface area (Å²) in [5.41, 5.74) is 0.757. The van der Waals surface area contributed by atoms with E-state index in [0.717, 1.165) is 19.3 Å². The largest absolute Gasteiger partial charge is 0.337 e. The maximum absolute atomic E-state index is 12.9. The van der Waals surface area contributed by atoms with Gasteiger partial charge in [0, 0.05) is 38.6 Å². The molecular weight excluding hydrogens is 352 g/mol. The Labute approximate surface area is 146 Å². The Balaban J connectivity index is 0.00000169. The van der Waals surface area contributed by atoms with Crippen molar-refractivity contribution in [2.45, 2.75) is 5.16 Å². The molecule has 2 aromatic rings. The van der Waals surface area contributed by atoms with E-state index in [-0.39, 0.29) is 29.2 Å². The van der Waals surface area contributed by atoms with Crippen LogP contribution in [-0.2, 0) is 9.84 Å². The maximum Gasteiger partial charge on any atom is 0.274 e. The van der Waals surface area contributed by atoms with E-state index in [1.165, 1.54) is 4.40 Å². The minimum absolute atomic E-state index is 0. The van der Waals surface area contributed by atoms with Crippen LogP contribution in [-0.4, -0.2) is 61.0 Å². The Morgan fingerprint density at radius 1 is 1.25 bits per heavy atom. The highest BCUT2D eigenvalue weighted by Crippen LogP contribution is 2.28. The van der Waals surface area contributed by atoms with E-state index in [0.29, 0.717) is 30.4 Å². The van der Waals surface area contributed by atoms with E-state index in [2.05, 4.69) is 10.3 Å². The fourth-order valence-electron chi connectivity index (χ4n) is 3.60. The summed E-state index contributed by atoms with van der Waals surface area (Å²) in [4.78, 5) is 18.8. The summed E-state index contributed by atoms with van der Waals surface area (Å²) >= 11 is 0. The number of pyridine rings is 1. The predicted octanol–water partition coefficient (Wildman–Crippen LogP) is 0.451. The van der Waals surface area contributed by atoms with Gasteiger partial charge in [0.25, 0.3) is 5.91 Å². The van der Waals surface area contributed by atoms with Gasteiger partial charge in [0.05, 0.1) is 5.52 Å². The summed E-state index contributed by atoms with van der Waals surface area (Å²) < 4.78 is 25.4. The molecule has 0 bridgehead atoms. The topological polar surface area (TPSA) is 83.8 Å². The smallest absolute Gasteiger partial charge is 0.274 e. The number of nitrogens with zero attached hydrogens (tertiary/aromatic N) is 3. The molecule has 4 heterocycles. The van der Waals surface area contributed by atoms with Crippen molar-refractivity contribution < 1.29 is 13.2 Å². The van der Waals surface area contributed by atoms with E-state index in [9.17, 15) is 13.2 Å². The lowest BCUT2D eigenvalue weighted by Gasteiger charge is -2.16. The molecular formula is C15H19ClN4O3S. The number of sulfone groups is 1. The molecule has 24 heavy (non-hydrogen) atoms. The second kappa shape index (κ2) is 6.02. The third kappa shape index (κ3) is 2.68. The number of imidazole rings is 1. The van der Waals surface area contributed by atoms with Crippen LogP contribution in [0.2, 0.25) is 0 Å². The lowest BCUT2D eigenvalue weighted by Crippen LogP contribution is -2.32. The van der Waals surface area contributed by atoms with Crippen LogP contribution in [0.4, 0.5) is 0 Å². The van der Waals surface area contributed by atoms with Gasteiger partial charge in [-0.1, -0.05) is 6.07 Å². The van der Waals surface area contributed by atoms with E-state index < -0.39 is 9.84 Å². The Kier molecular flexibility index (Phi) is 4.31. The van der Waals surface area contributed by atoms with Crippen LogP contribution in [0.15, 0.2) is 29.6 Å². The number of carbonyl (C=O) groups is 1. The standard InChI is InChI=1S/C15H18N4O3S.ClH/c1-23(21,22)15-17-13(12-4-2-3-5-19(12)15)14(20)18-8-10-6-16-7-11(10)9-18;/h2-5,10-11,16H,6-9H2,1H3;1H/t10-,11+;. The SMILES string of the molecule is CS(=O)(=O)c1nc(C(=O)N2C[C@H]3CNC[C@H]3C2)c2ccccn12.Cl. The van der Waals surface area contributed by atoms with Gasteiger partial charge in [0.15, 0.2) is 5.69 Å². The highest BCUT2D eigenvalue weighted by atomic mass is 35.5. The number of amides is 1. The zero-order chi connectivity index (χ0) is 16.2. The third-order valence-corrected chi connectivity index (χ3v) is 5.68. The molecule has 0 saturated carbocycles. The average molecular weight is 371 g/mol. The van der Waals surface area contributed by atoms with Gasteiger partial charge in [0.1, 0.15) is 0 Å². The molecule has 2 fully saturated rings. The highest BCUT2D eigenvalue weighted by Gasteiger charge is 2.39. The van der Waals surface area contributed by atoms with Crippen LogP contribution in [0.3, 0.4) is 0 Å². The Morgan fingerprint density at radius 2 is 1.92 bits per heavy atom. The number of aromatic nitrogens is 2. The van der Waals surface area contributed by atoms with E-state index in [1.807, 2.05) is 0 Å². The van der Waals surface area contributed by atoms with Gasteiger partial charge >= 0.3 is 0 Å². The van der Waals surface area contributed by atoms with Crippen molar-refractivity contribution in [3.05, 3.63) is 30.1 Å². The van der Waals surface area contributed by atoms with Gasteiger partial charge in [-0.25, -0.2) is 13.4 Å². The molecule has 2 saturated heterocycles. The Bertz CT molecular complexity index is 883. The highest BCUT2D eigenvalue weighted by molar-refractivity contribution is 7.90. The number of likely N-dealkylation sites (tertiary alicyclic amines) is 1. The summed E-state index contributed by atoms with van der Waals surface area (Å²) in [7, 11) is -3.51. The summed E-state index contributed by atoms with van der Waals surface area (Å²) in [6, 6.07) is 5.24. The van der Waals surface area contributed by atoms with E-state index >= 15 is 0 Å². The average Bonchev–Trinajstić information content (AvgIpc) is 3.18. The second-order valence-corrected chi connectivity index (χ2v) is 8.27. The van der Waals surface area contributed by atoms with Gasteiger partial charge in [0.2, 0.25) is 15.0 Å². The first-order chi connectivity index (χ1) is 10.9. The summed E-state index contributed by atoms with van der Waals surface area (Å²) in [6.07, 6.45) is 2.73. The van der Waals surface area contributed by atoms with Crippen LogP contribution in [0.5, 0.6) is 0 Å². The minimum Gasteiger partial charge on any atom is -0.337 e. The molecule has 2 aromatic heterocycles. The number of fused-ring (bicyclic) bond motifs is 2. The molecule has 7 nitrogen and oxygen atoms in total. The van der Waals surface area contributed by atoms with Crippen molar-refractivity contribution in [2.24, 2.45) is 11.8 Å². The fourth-order valence-corrected chi connectivity index (χ4v) is 4.37. The normalized spacial score (nSPS) is 23.3. The van der Waals surface area contributed by atoms with Crippen LogP contribution in [0.1, 0.15) is 10.5 Å². The molecule has 9 heteroatoms. The van der Waals surface area contributed by atoms with Crippen molar-refractivity contribution in [3.8, 4) is 0 Å². The van der Waals surface area contributed by atoms with Crippen molar-refractivity contribution in [1.29, 1.82) is 0 Å². The Hall–Kier alpha value is -1.64. The Morgan fingerprint density at radius 3 is 2.54 bits per heavy atom. The molecule has 2 aliphatic rings. The molecule has 0 spiro atoms. The van der Waals surface area contributed by atoms with Gasteiger partial charge in [-0.2, -0.15) is 0 Å². The van der Waals surface area contributed by atoms with Crippen molar-refractivity contribution in [2.75, 3.05) is 32.4 Å². The number of halogens is 1. The lowest BCUT2D eigenvalue weighted by atomic mass is 10.0. The second-order valence-electron chi connectivity index (χ2n) is 6.36. The van der Waals surface area contributed by atoms with Crippen LogP contribution in [0, 0.1) is 11.8 Å². The number of nitrogens with one attached hydrogen (secondary N) is 1. The number of rotatable bonds is 2. The monoisotopic (exact) mass is 370 g/mol.